The van der Waals surface area contributed by atoms with Crippen LogP contribution in [-0.4, -0.2) is 10.2 Å². The number of anilines is 2. The highest BCUT2D eigenvalue weighted by atomic mass is 16.3. The Balaban J connectivity index is 2.80. The minimum absolute atomic E-state index is 0.0695. The van der Waals surface area contributed by atoms with Crippen molar-refractivity contribution in [3.8, 4) is 36.2 Å². The van der Waals surface area contributed by atoms with Gasteiger partial charge in [0.05, 0.1) is 22.5 Å². The van der Waals surface area contributed by atoms with E-state index >= 15 is 0 Å². The lowest BCUT2D eigenvalue weighted by Crippen LogP contribution is -2.23. The molecule has 0 aliphatic heterocycles. The Hall–Kier alpha value is -3.24. The van der Waals surface area contributed by atoms with Gasteiger partial charge in [-0.2, -0.15) is 0 Å². The first-order valence-electron chi connectivity index (χ1n) is 6.92. The largest absolute Gasteiger partial charge is 0.506 e. The summed E-state index contributed by atoms with van der Waals surface area (Å²) >= 11 is 0. The molecule has 0 aromatic heterocycles. The van der Waals surface area contributed by atoms with Crippen molar-refractivity contribution in [2.45, 2.75) is 19.3 Å². The topological polar surface area (TPSA) is 92.5 Å². The van der Waals surface area contributed by atoms with Crippen molar-refractivity contribution in [1.82, 2.24) is 0 Å². The molecule has 6 N–H and O–H groups in total. The standard InChI is InChI=1S/C19H18N2O2/c1-5-11-13(7-9-15(22)17(11)20)19(3,4)14-8-10-16(23)18(21)12(14)6-2/h1-2,7-10,22-23H,20-21H2,3-4H3. The number of nitrogens with two attached hydrogens (primary N) is 2. The molecular formula is C19H18N2O2. The lowest BCUT2D eigenvalue weighted by atomic mass is 9.73. The SMILES string of the molecule is C#Cc1c(C(C)(C)c2ccc(O)c(N)c2C#C)ccc(O)c1N. The number of aromatic hydroxyl groups is 2. The summed E-state index contributed by atoms with van der Waals surface area (Å²) in [5.41, 5.74) is 13.7. The first kappa shape index (κ1) is 16.1. The van der Waals surface area contributed by atoms with Crippen LogP contribution in [0, 0.1) is 24.7 Å². The predicted molar refractivity (Wildman–Crippen MR) is 93.0 cm³/mol. The number of hydrogen-bond acceptors (Lipinski definition) is 4. The van der Waals surface area contributed by atoms with E-state index in [1.807, 2.05) is 13.8 Å². The molecule has 0 amide bonds. The van der Waals surface area contributed by atoms with Crippen molar-refractivity contribution >= 4 is 11.4 Å². The summed E-state index contributed by atoms with van der Waals surface area (Å²) in [6.07, 6.45) is 11.1. The first-order valence-corrected chi connectivity index (χ1v) is 6.92. The quantitative estimate of drug-likeness (QED) is 0.390. The van der Waals surface area contributed by atoms with E-state index in [4.69, 9.17) is 24.3 Å². The van der Waals surface area contributed by atoms with E-state index in [1.54, 1.807) is 12.1 Å². The van der Waals surface area contributed by atoms with Gasteiger partial charge < -0.3 is 21.7 Å². The second-order valence-corrected chi connectivity index (χ2v) is 5.76. The molecule has 0 bridgehead atoms. The molecule has 0 radical (unpaired) electrons. The molecule has 0 heterocycles. The lowest BCUT2D eigenvalue weighted by molar-refractivity contribution is 0.476. The molecule has 0 saturated carbocycles. The van der Waals surface area contributed by atoms with Crippen LogP contribution in [0.15, 0.2) is 24.3 Å². The molecule has 0 aliphatic carbocycles. The summed E-state index contributed by atoms with van der Waals surface area (Å²) in [7, 11) is 0. The minimum atomic E-state index is -0.632. The van der Waals surface area contributed by atoms with E-state index in [0.29, 0.717) is 11.1 Å². The number of terminal acetylenes is 2. The van der Waals surface area contributed by atoms with Crippen molar-refractivity contribution in [2.24, 2.45) is 0 Å². The van der Waals surface area contributed by atoms with Gasteiger partial charge in [0, 0.05) is 5.41 Å². The number of phenolic OH excluding ortho intramolecular Hbond substituents is 2. The third kappa shape index (κ3) is 2.41. The Morgan fingerprint density at radius 2 is 1.17 bits per heavy atom. The van der Waals surface area contributed by atoms with E-state index < -0.39 is 5.41 Å². The second kappa shape index (κ2) is 5.51. The molecule has 0 spiro atoms. The number of nitrogen functional groups attached to an aromatic ring is 2. The predicted octanol–water partition coefficient (Wildman–Crippen LogP) is 2.55. The smallest absolute Gasteiger partial charge is 0.139 e. The third-order valence-electron chi connectivity index (χ3n) is 4.08. The maximum Gasteiger partial charge on any atom is 0.139 e. The van der Waals surface area contributed by atoms with E-state index in [1.165, 1.54) is 12.1 Å². The molecule has 4 nitrogen and oxygen atoms in total. The van der Waals surface area contributed by atoms with Crippen molar-refractivity contribution < 1.29 is 10.2 Å². The molecule has 2 aromatic rings. The summed E-state index contributed by atoms with van der Waals surface area (Å²) in [5.74, 6) is 4.91. The van der Waals surface area contributed by atoms with Crippen LogP contribution in [0.1, 0.15) is 36.1 Å². The third-order valence-corrected chi connectivity index (χ3v) is 4.08. The normalized spacial score (nSPS) is 10.8. The molecule has 0 atom stereocenters. The van der Waals surface area contributed by atoms with E-state index in [0.717, 1.165) is 11.1 Å². The number of rotatable bonds is 2. The van der Waals surface area contributed by atoms with Gasteiger partial charge in [0.2, 0.25) is 0 Å². The van der Waals surface area contributed by atoms with Gasteiger partial charge in [-0.1, -0.05) is 37.8 Å². The summed E-state index contributed by atoms with van der Waals surface area (Å²) in [6.45, 7) is 3.85. The Morgan fingerprint density at radius 3 is 1.48 bits per heavy atom. The Morgan fingerprint density at radius 1 is 0.826 bits per heavy atom. The zero-order valence-corrected chi connectivity index (χ0v) is 13.0. The van der Waals surface area contributed by atoms with Crippen LogP contribution < -0.4 is 11.5 Å². The van der Waals surface area contributed by atoms with Crippen LogP contribution in [0.3, 0.4) is 0 Å². The van der Waals surface area contributed by atoms with Crippen LogP contribution in [0.5, 0.6) is 11.5 Å². The maximum absolute atomic E-state index is 9.77. The van der Waals surface area contributed by atoms with Gasteiger partial charge in [-0.3, -0.25) is 0 Å². The van der Waals surface area contributed by atoms with Crippen LogP contribution in [0.25, 0.3) is 0 Å². The molecule has 0 aliphatic rings. The molecule has 2 aromatic carbocycles. The van der Waals surface area contributed by atoms with Crippen molar-refractivity contribution in [1.29, 1.82) is 0 Å². The number of benzene rings is 2. The summed E-state index contributed by atoms with van der Waals surface area (Å²) in [4.78, 5) is 0. The molecule has 116 valence electrons. The minimum Gasteiger partial charge on any atom is -0.506 e. The fourth-order valence-electron chi connectivity index (χ4n) is 2.71. The van der Waals surface area contributed by atoms with Gasteiger partial charge in [0.15, 0.2) is 0 Å². The highest BCUT2D eigenvalue weighted by Gasteiger charge is 2.30. The Kier molecular flexibility index (Phi) is 3.87. The highest BCUT2D eigenvalue weighted by Crippen LogP contribution is 2.41. The summed E-state index contributed by atoms with van der Waals surface area (Å²) < 4.78 is 0. The van der Waals surface area contributed by atoms with Gasteiger partial charge >= 0.3 is 0 Å². The van der Waals surface area contributed by atoms with Gasteiger partial charge in [-0.15, -0.1) is 12.8 Å². The summed E-state index contributed by atoms with van der Waals surface area (Å²) in [5, 5.41) is 19.5. The fraction of sp³-hybridized carbons (Fsp3) is 0.158. The fourth-order valence-corrected chi connectivity index (χ4v) is 2.71. The molecular weight excluding hydrogens is 288 g/mol. The number of hydrogen-bond donors (Lipinski definition) is 4. The molecule has 0 unspecified atom stereocenters. The Bertz CT molecular complexity index is 797. The van der Waals surface area contributed by atoms with E-state index in [-0.39, 0.29) is 22.9 Å². The van der Waals surface area contributed by atoms with Gasteiger partial charge in [-0.05, 0) is 23.3 Å². The van der Waals surface area contributed by atoms with Gasteiger partial charge in [0.1, 0.15) is 11.5 Å². The second-order valence-electron chi connectivity index (χ2n) is 5.76. The zero-order valence-electron chi connectivity index (χ0n) is 13.0. The van der Waals surface area contributed by atoms with Crippen LogP contribution >= 0.6 is 0 Å². The van der Waals surface area contributed by atoms with E-state index in [9.17, 15) is 10.2 Å². The lowest BCUT2D eigenvalue weighted by Gasteiger charge is -2.30. The zero-order chi connectivity index (χ0) is 17.4. The van der Waals surface area contributed by atoms with E-state index in [2.05, 4.69) is 11.8 Å². The van der Waals surface area contributed by atoms with Crippen molar-refractivity contribution in [3.05, 3.63) is 46.5 Å². The van der Waals surface area contributed by atoms with Crippen LogP contribution in [0.4, 0.5) is 11.4 Å². The van der Waals surface area contributed by atoms with Gasteiger partial charge in [0.25, 0.3) is 0 Å². The van der Waals surface area contributed by atoms with Crippen LogP contribution in [0.2, 0.25) is 0 Å². The molecule has 0 saturated heterocycles. The van der Waals surface area contributed by atoms with Crippen molar-refractivity contribution in [2.75, 3.05) is 11.5 Å². The van der Waals surface area contributed by atoms with Crippen molar-refractivity contribution in [3.63, 3.8) is 0 Å². The summed E-state index contributed by atoms with van der Waals surface area (Å²) in [6, 6.07) is 6.41. The molecule has 4 heteroatoms. The average molecular weight is 306 g/mol. The molecule has 23 heavy (non-hydrogen) atoms. The maximum atomic E-state index is 9.77. The average Bonchev–Trinajstić information content (AvgIpc) is 2.51. The molecule has 0 fully saturated rings. The highest BCUT2D eigenvalue weighted by molar-refractivity contribution is 5.72. The van der Waals surface area contributed by atoms with Gasteiger partial charge in [-0.25, -0.2) is 0 Å². The number of phenols is 2. The Labute approximate surface area is 135 Å². The molecule has 2 rings (SSSR count). The first-order chi connectivity index (χ1) is 10.8. The monoisotopic (exact) mass is 306 g/mol. The van der Waals surface area contributed by atoms with Crippen LogP contribution in [-0.2, 0) is 5.41 Å².